The number of unbranched alkanes of at least 4 members (excludes halogenated alkanes) is 8. The van der Waals surface area contributed by atoms with E-state index in [2.05, 4.69) is 21.9 Å². The summed E-state index contributed by atoms with van der Waals surface area (Å²) in [6, 6.07) is 11.0. The number of hydrogen-bond acceptors (Lipinski definition) is 15. The Morgan fingerprint density at radius 1 is 0.900 bits per heavy atom. The second-order valence-corrected chi connectivity index (χ2v) is 17.1. The highest BCUT2D eigenvalue weighted by atomic mass is 31.3. The van der Waals surface area contributed by atoms with Crippen LogP contribution in [-0.2, 0) is 54.6 Å². The number of aromatic nitrogens is 2. The van der Waals surface area contributed by atoms with E-state index >= 15 is 0 Å². The monoisotopic (exact) mass is 880 g/mol. The zero-order valence-electron chi connectivity index (χ0n) is 34.0. The largest absolute Gasteiger partial charge is 0.484 e. The second kappa shape index (κ2) is 24.7. The van der Waals surface area contributed by atoms with Crippen LogP contribution in [-0.4, -0.2) is 45.1 Å². The summed E-state index contributed by atoms with van der Waals surface area (Å²) < 4.78 is 65.6. The smallest absolute Gasteiger partial charge is 0.427 e. The molecule has 0 aliphatic carbocycles. The van der Waals surface area contributed by atoms with Crippen molar-refractivity contribution >= 4 is 27.6 Å². The zero-order valence-corrected chi connectivity index (χ0v) is 35.8. The lowest BCUT2D eigenvalue weighted by Crippen LogP contribution is -2.33. The van der Waals surface area contributed by atoms with Gasteiger partial charge < -0.3 is 25.3 Å². The molecule has 330 valence electrons. The first-order valence-corrected chi connectivity index (χ1v) is 22.3. The average molecular weight is 881 g/mol. The number of hydrogen-bond donors (Lipinski definition) is 3. The van der Waals surface area contributed by atoms with Crippen LogP contribution in [0.15, 0.2) is 69.4 Å². The molecule has 5 N–H and O–H groups in total. The van der Waals surface area contributed by atoms with Gasteiger partial charge in [0.1, 0.15) is 17.7 Å². The first-order valence-electron chi connectivity index (χ1n) is 19.4. The van der Waals surface area contributed by atoms with Crippen LogP contribution in [0.1, 0.15) is 107 Å². The Balaban J connectivity index is 0.00000961. The molecule has 0 amide bonds. The van der Waals surface area contributed by atoms with Crippen molar-refractivity contribution in [2.75, 3.05) is 6.61 Å². The zero-order chi connectivity index (χ0) is 42.8. The topological polar surface area (TPSA) is 292 Å². The Morgan fingerprint density at radius 2 is 1.45 bits per heavy atom. The summed E-state index contributed by atoms with van der Waals surface area (Å²) in [7, 11) is -10.2. The van der Waals surface area contributed by atoms with E-state index in [0.717, 1.165) is 30.3 Å². The normalized spacial score (nSPS) is 18.0. The summed E-state index contributed by atoms with van der Waals surface area (Å²) in [6.07, 6.45) is 9.34. The lowest BCUT2D eigenvalue weighted by Gasteiger charge is -2.22. The summed E-state index contributed by atoms with van der Waals surface area (Å²) in [6.45, 7) is 3.26. The van der Waals surface area contributed by atoms with Crippen molar-refractivity contribution in [3.05, 3.63) is 103 Å². The van der Waals surface area contributed by atoms with E-state index in [4.69, 9.17) is 37.6 Å². The van der Waals surface area contributed by atoms with E-state index in [9.17, 15) is 33.2 Å². The standard InChI is InChI=1S/C38H51N5O14P2.H3N/c1-4-5-6-7-8-9-10-11-12-13-36(45)55-32-20-16-30(17-21-32)25-53-59(50,52-24-29-14-18-31(19-15-29)54-28(3)44)57-58(48,49)51-26-34-33(41-42-39)22-35(56-34)43-23-27(2)37(46)40-38(43)47;/h14-21,23,33-35H,4-13,22,24-26H2,1-3H3,(H,48,49)(H,40,46,47);1H3/t33?,34-,35-,59?;/m1./s1. The lowest BCUT2D eigenvalue weighted by molar-refractivity contribution is -0.134. The third-order valence-electron chi connectivity index (χ3n) is 9.07. The molecule has 0 radical (unpaired) electrons. The molecule has 2 aromatic carbocycles. The van der Waals surface area contributed by atoms with Gasteiger partial charge in [0.2, 0.25) is 0 Å². The van der Waals surface area contributed by atoms with Crippen LogP contribution < -0.4 is 26.9 Å². The van der Waals surface area contributed by atoms with E-state index in [-0.39, 0.29) is 42.0 Å². The number of H-pyrrole nitrogens is 1. The van der Waals surface area contributed by atoms with E-state index in [0.29, 0.717) is 11.1 Å². The maximum Gasteiger partial charge on any atom is 0.484 e. The SMILES string of the molecule is CCCCCCCCCCCC(=O)Oc1ccc(COP(=O)(OCc2ccc(OC(C)=O)cc2)OP(=O)(O)OC[C@H]2O[C@@H](n3cc(C)c(=O)[nH]c3=O)CC2N=[N+]=[N-])cc1.N. The molecule has 1 aliphatic rings. The van der Waals surface area contributed by atoms with Crippen molar-refractivity contribution in [3.63, 3.8) is 0 Å². The number of carbonyl (C=O) groups excluding carboxylic acids is 2. The van der Waals surface area contributed by atoms with Crippen molar-refractivity contribution in [1.82, 2.24) is 15.7 Å². The van der Waals surface area contributed by atoms with Crippen LogP contribution in [0, 0.1) is 6.92 Å². The quantitative estimate of drug-likeness (QED) is 0.0137. The summed E-state index contributed by atoms with van der Waals surface area (Å²) in [4.78, 5) is 63.6. The molecule has 0 saturated carbocycles. The van der Waals surface area contributed by atoms with E-state index in [1.54, 1.807) is 0 Å². The predicted molar refractivity (Wildman–Crippen MR) is 218 cm³/mol. The molecule has 0 spiro atoms. The van der Waals surface area contributed by atoms with Gasteiger partial charge in [-0.25, -0.2) is 13.9 Å². The van der Waals surface area contributed by atoms with Gasteiger partial charge in [-0.1, -0.05) is 87.7 Å². The molecule has 60 heavy (non-hydrogen) atoms. The van der Waals surface area contributed by atoms with Crippen molar-refractivity contribution in [2.45, 2.75) is 123 Å². The minimum absolute atomic E-state index is 0. The van der Waals surface area contributed by atoms with Gasteiger partial charge in [0.15, 0.2) is 0 Å². The van der Waals surface area contributed by atoms with Crippen molar-refractivity contribution in [1.29, 1.82) is 0 Å². The Kier molecular flexibility index (Phi) is 20.6. The number of carbonyl (C=O) groups is 2. The molecule has 1 saturated heterocycles. The van der Waals surface area contributed by atoms with Crippen LogP contribution >= 0.6 is 15.6 Å². The van der Waals surface area contributed by atoms with Crippen molar-refractivity contribution in [3.8, 4) is 11.5 Å². The second-order valence-electron chi connectivity index (χ2n) is 13.9. The number of ether oxygens (including phenoxy) is 3. The predicted octanol–water partition coefficient (Wildman–Crippen LogP) is 8.40. The van der Waals surface area contributed by atoms with Gasteiger partial charge in [0.05, 0.1) is 32.0 Å². The molecule has 2 heterocycles. The molecule has 22 heteroatoms. The van der Waals surface area contributed by atoms with E-state index < -0.39 is 71.1 Å². The highest BCUT2D eigenvalue weighted by Gasteiger charge is 2.42. The van der Waals surface area contributed by atoms with E-state index in [1.807, 2.05) is 0 Å². The third kappa shape index (κ3) is 16.9. The first-order chi connectivity index (χ1) is 28.2. The number of phosphoric acid groups is 2. The Hall–Kier alpha value is -4.45. The fourth-order valence-corrected chi connectivity index (χ4v) is 8.57. The van der Waals surface area contributed by atoms with Crippen LogP contribution in [0.25, 0.3) is 10.4 Å². The molecular formula is C38H54N6O14P2. The fraction of sp³-hybridized carbons (Fsp3) is 0.526. The van der Waals surface area contributed by atoms with Gasteiger partial charge in [0.25, 0.3) is 5.56 Å². The Bertz CT molecular complexity index is 2110. The summed E-state index contributed by atoms with van der Waals surface area (Å²) >= 11 is 0. The Morgan fingerprint density at radius 3 is 2.00 bits per heavy atom. The van der Waals surface area contributed by atoms with Crippen molar-refractivity contribution in [2.24, 2.45) is 5.11 Å². The lowest BCUT2D eigenvalue weighted by atomic mass is 10.1. The van der Waals surface area contributed by atoms with Gasteiger partial charge in [-0.2, -0.15) is 4.31 Å². The highest BCUT2D eigenvalue weighted by Crippen LogP contribution is 2.64. The minimum Gasteiger partial charge on any atom is -0.427 e. The molecule has 1 aromatic heterocycles. The number of nitrogens with one attached hydrogen (secondary N) is 1. The third-order valence-corrected chi connectivity index (χ3v) is 12.1. The van der Waals surface area contributed by atoms with Gasteiger partial charge in [-0.15, -0.1) is 0 Å². The molecular weight excluding hydrogens is 826 g/mol. The maximum atomic E-state index is 13.9. The van der Waals surface area contributed by atoms with Gasteiger partial charge in [0, 0.05) is 36.4 Å². The molecule has 3 unspecified atom stereocenters. The molecule has 1 aliphatic heterocycles. The number of phosphoric ester groups is 2. The van der Waals surface area contributed by atoms with Crippen LogP contribution in [0.3, 0.4) is 0 Å². The molecule has 20 nitrogen and oxygen atoms in total. The summed E-state index contributed by atoms with van der Waals surface area (Å²) in [5, 5.41) is 3.64. The van der Waals surface area contributed by atoms with Crippen LogP contribution in [0.5, 0.6) is 11.5 Å². The van der Waals surface area contributed by atoms with Gasteiger partial charge in [-0.3, -0.25) is 37.5 Å². The number of benzene rings is 2. The van der Waals surface area contributed by atoms with Crippen molar-refractivity contribution < 1.29 is 55.7 Å². The first kappa shape index (κ1) is 49.9. The molecule has 4 rings (SSSR count). The molecule has 0 bridgehead atoms. The minimum atomic E-state index is -5.30. The van der Waals surface area contributed by atoms with Crippen LogP contribution in [0.4, 0.5) is 0 Å². The number of rotatable bonds is 25. The maximum absolute atomic E-state index is 13.9. The Labute approximate surface area is 347 Å². The van der Waals surface area contributed by atoms with Gasteiger partial charge >= 0.3 is 33.3 Å². The van der Waals surface area contributed by atoms with E-state index in [1.165, 1.54) is 101 Å². The number of aryl methyl sites for hydroxylation is 1. The fourth-order valence-electron chi connectivity index (χ4n) is 5.97. The number of esters is 2. The highest BCUT2D eigenvalue weighted by molar-refractivity contribution is 7.61. The molecule has 5 atom stereocenters. The van der Waals surface area contributed by atoms with Gasteiger partial charge in [-0.05, 0) is 54.3 Å². The molecule has 1 fully saturated rings. The number of azide groups is 1. The summed E-state index contributed by atoms with van der Waals surface area (Å²) in [5.41, 5.74) is 8.73. The van der Waals surface area contributed by atoms with Crippen LogP contribution in [0.2, 0.25) is 0 Å². The number of aromatic amines is 1. The number of nitrogens with zero attached hydrogens (tertiary/aromatic N) is 4. The average Bonchev–Trinajstić information content (AvgIpc) is 3.59. The molecule has 3 aromatic rings. The summed E-state index contributed by atoms with van der Waals surface area (Å²) in [5.74, 6) is -0.387.